The summed E-state index contributed by atoms with van der Waals surface area (Å²) in [5.41, 5.74) is 6.81. The van der Waals surface area contributed by atoms with Crippen LogP contribution in [-0.4, -0.2) is 15.6 Å². The summed E-state index contributed by atoms with van der Waals surface area (Å²) >= 11 is 3.25. The van der Waals surface area contributed by atoms with Gasteiger partial charge < -0.3 is 5.73 Å². The number of hydrogen-bond donors (Lipinski definition) is 1. The molecule has 0 radical (unpaired) electrons. The van der Waals surface area contributed by atoms with Crippen LogP contribution >= 0.6 is 15.9 Å². The molecule has 2 N–H and O–H groups in total. The SMILES string of the molecule is Cn1cc(C(N)C(=O)Cc2cc(Br)ccc2F)cn1. The van der Waals surface area contributed by atoms with Crippen molar-refractivity contribution in [3.05, 3.63) is 52.0 Å². The van der Waals surface area contributed by atoms with Gasteiger partial charge in [0.25, 0.3) is 0 Å². The Morgan fingerprint density at radius 2 is 2.32 bits per heavy atom. The number of rotatable bonds is 4. The molecule has 0 saturated carbocycles. The summed E-state index contributed by atoms with van der Waals surface area (Å²) in [6.07, 6.45) is 3.18. The second-order valence-electron chi connectivity index (χ2n) is 4.30. The first-order valence-corrected chi connectivity index (χ1v) is 6.47. The fraction of sp³-hybridized carbons (Fsp3) is 0.231. The normalized spacial score (nSPS) is 12.4. The van der Waals surface area contributed by atoms with Gasteiger partial charge in [-0.05, 0) is 23.8 Å². The van der Waals surface area contributed by atoms with Gasteiger partial charge in [0, 0.05) is 29.7 Å². The van der Waals surface area contributed by atoms with E-state index in [9.17, 15) is 9.18 Å². The Hall–Kier alpha value is -1.53. The third-order valence-electron chi connectivity index (χ3n) is 2.80. The molecule has 0 bridgehead atoms. The van der Waals surface area contributed by atoms with E-state index in [-0.39, 0.29) is 12.2 Å². The Morgan fingerprint density at radius 3 is 2.95 bits per heavy atom. The highest BCUT2D eigenvalue weighted by molar-refractivity contribution is 9.10. The van der Waals surface area contributed by atoms with Gasteiger partial charge in [0.2, 0.25) is 0 Å². The van der Waals surface area contributed by atoms with Crippen LogP contribution in [0.3, 0.4) is 0 Å². The highest BCUT2D eigenvalue weighted by Crippen LogP contribution is 2.19. The van der Waals surface area contributed by atoms with E-state index in [1.165, 1.54) is 6.07 Å². The topological polar surface area (TPSA) is 60.9 Å². The van der Waals surface area contributed by atoms with Gasteiger partial charge in [-0.1, -0.05) is 15.9 Å². The molecule has 0 aliphatic carbocycles. The maximum absolute atomic E-state index is 13.6. The lowest BCUT2D eigenvalue weighted by atomic mass is 10.0. The average Bonchev–Trinajstić information content (AvgIpc) is 2.79. The van der Waals surface area contributed by atoms with Crippen molar-refractivity contribution < 1.29 is 9.18 Å². The van der Waals surface area contributed by atoms with Crippen molar-refractivity contribution in [3.8, 4) is 0 Å². The van der Waals surface area contributed by atoms with Gasteiger partial charge in [-0.25, -0.2) is 4.39 Å². The summed E-state index contributed by atoms with van der Waals surface area (Å²) in [6, 6.07) is 3.71. The van der Waals surface area contributed by atoms with E-state index in [1.54, 1.807) is 36.3 Å². The number of halogens is 2. The zero-order valence-corrected chi connectivity index (χ0v) is 11.9. The van der Waals surface area contributed by atoms with E-state index in [0.717, 1.165) is 4.47 Å². The van der Waals surface area contributed by atoms with Gasteiger partial charge in [-0.2, -0.15) is 5.10 Å². The summed E-state index contributed by atoms with van der Waals surface area (Å²) in [4.78, 5) is 12.0. The number of hydrogen-bond acceptors (Lipinski definition) is 3. The van der Waals surface area contributed by atoms with Crippen LogP contribution in [-0.2, 0) is 18.3 Å². The van der Waals surface area contributed by atoms with Gasteiger partial charge in [-0.15, -0.1) is 0 Å². The number of benzene rings is 1. The van der Waals surface area contributed by atoms with Crippen molar-refractivity contribution in [1.82, 2.24) is 9.78 Å². The predicted molar refractivity (Wildman–Crippen MR) is 72.9 cm³/mol. The Labute approximate surface area is 118 Å². The zero-order valence-electron chi connectivity index (χ0n) is 10.3. The highest BCUT2D eigenvalue weighted by atomic mass is 79.9. The molecule has 1 atom stereocenters. The second-order valence-corrected chi connectivity index (χ2v) is 5.22. The van der Waals surface area contributed by atoms with Crippen molar-refractivity contribution in [2.75, 3.05) is 0 Å². The molecule has 1 aromatic heterocycles. The highest BCUT2D eigenvalue weighted by Gasteiger charge is 2.19. The molecule has 1 unspecified atom stereocenters. The predicted octanol–water partition coefficient (Wildman–Crippen LogP) is 2.13. The van der Waals surface area contributed by atoms with Gasteiger partial charge in [-0.3, -0.25) is 9.48 Å². The Morgan fingerprint density at radius 1 is 1.58 bits per heavy atom. The monoisotopic (exact) mass is 325 g/mol. The lowest BCUT2D eigenvalue weighted by Crippen LogP contribution is -2.23. The molecule has 1 heterocycles. The standard InChI is InChI=1S/C13H13BrFN3O/c1-18-7-9(6-17-18)13(16)12(19)5-8-4-10(14)2-3-11(8)15/h2-4,6-7,13H,5,16H2,1H3. The fourth-order valence-electron chi connectivity index (χ4n) is 1.76. The molecule has 0 amide bonds. The number of carbonyl (C=O) groups excluding carboxylic acids is 1. The summed E-state index contributed by atoms with van der Waals surface area (Å²) < 4.78 is 15.9. The van der Waals surface area contributed by atoms with Crippen molar-refractivity contribution in [2.45, 2.75) is 12.5 Å². The molecule has 4 nitrogen and oxygen atoms in total. The van der Waals surface area contributed by atoms with Crippen LogP contribution in [0, 0.1) is 5.82 Å². The van der Waals surface area contributed by atoms with Crippen LogP contribution in [0.2, 0.25) is 0 Å². The maximum Gasteiger partial charge on any atom is 0.158 e. The zero-order chi connectivity index (χ0) is 14.0. The third-order valence-corrected chi connectivity index (χ3v) is 3.30. The largest absolute Gasteiger partial charge is 0.318 e. The number of nitrogens with two attached hydrogens (primary N) is 1. The smallest absolute Gasteiger partial charge is 0.158 e. The van der Waals surface area contributed by atoms with Gasteiger partial charge in [0.05, 0.1) is 12.2 Å². The first-order valence-electron chi connectivity index (χ1n) is 5.68. The molecule has 2 aromatic rings. The van der Waals surface area contributed by atoms with Gasteiger partial charge in [0.15, 0.2) is 5.78 Å². The number of aromatic nitrogens is 2. The van der Waals surface area contributed by atoms with Crippen LogP contribution in [0.25, 0.3) is 0 Å². The number of nitrogens with zero attached hydrogens (tertiary/aromatic N) is 2. The first kappa shape index (κ1) is 13.9. The van der Waals surface area contributed by atoms with E-state index in [0.29, 0.717) is 11.1 Å². The minimum atomic E-state index is -0.785. The number of carbonyl (C=O) groups is 1. The molecule has 1 aromatic carbocycles. The fourth-order valence-corrected chi connectivity index (χ4v) is 2.17. The minimum absolute atomic E-state index is 0.0403. The third kappa shape index (κ3) is 3.27. The van der Waals surface area contributed by atoms with E-state index in [1.807, 2.05) is 0 Å². The second kappa shape index (κ2) is 5.63. The summed E-state index contributed by atoms with van der Waals surface area (Å²) in [5, 5.41) is 3.96. The number of aryl methyl sites for hydroxylation is 1. The molecule has 0 aliphatic heterocycles. The first-order chi connectivity index (χ1) is 8.97. The van der Waals surface area contributed by atoms with Crippen molar-refractivity contribution in [2.24, 2.45) is 12.8 Å². The maximum atomic E-state index is 13.6. The van der Waals surface area contributed by atoms with Gasteiger partial charge in [0.1, 0.15) is 5.82 Å². The molecule has 0 spiro atoms. The Balaban J connectivity index is 2.14. The van der Waals surface area contributed by atoms with Crippen molar-refractivity contribution in [3.63, 3.8) is 0 Å². The van der Waals surface area contributed by atoms with Crippen LogP contribution in [0.15, 0.2) is 35.1 Å². The molecule has 19 heavy (non-hydrogen) atoms. The quantitative estimate of drug-likeness (QED) is 0.936. The Bertz CT molecular complexity index is 612. The molecular weight excluding hydrogens is 313 g/mol. The minimum Gasteiger partial charge on any atom is -0.318 e. The van der Waals surface area contributed by atoms with E-state index >= 15 is 0 Å². The number of ketones is 1. The summed E-state index contributed by atoms with van der Waals surface area (Å²) in [6.45, 7) is 0. The summed E-state index contributed by atoms with van der Waals surface area (Å²) in [5.74, 6) is -0.653. The Kier molecular flexibility index (Phi) is 4.11. The van der Waals surface area contributed by atoms with Crippen LogP contribution in [0.1, 0.15) is 17.2 Å². The molecular formula is C13H13BrFN3O. The molecule has 2 rings (SSSR count). The molecule has 0 fully saturated rings. The van der Waals surface area contributed by atoms with Crippen LogP contribution < -0.4 is 5.73 Å². The lowest BCUT2D eigenvalue weighted by Gasteiger charge is -2.09. The molecule has 0 aliphatic rings. The van der Waals surface area contributed by atoms with E-state index in [4.69, 9.17) is 5.73 Å². The van der Waals surface area contributed by atoms with E-state index < -0.39 is 11.9 Å². The average molecular weight is 326 g/mol. The molecule has 6 heteroatoms. The number of Topliss-reactive ketones (excluding diaryl/α,β-unsaturated/α-hetero) is 1. The summed E-state index contributed by atoms with van der Waals surface area (Å²) in [7, 11) is 1.74. The molecule has 100 valence electrons. The van der Waals surface area contributed by atoms with Crippen molar-refractivity contribution in [1.29, 1.82) is 0 Å². The van der Waals surface area contributed by atoms with Crippen LogP contribution in [0.5, 0.6) is 0 Å². The van der Waals surface area contributed by atoms with E-state index in [2.05, 4.69) is 21.0 Å². The van der Waals surface area contributed by atoms with Gasteiger partial charge >= 0.3 is 0 Å². The van der Waals surface area contributed by atoms with Crippen molar-refractivity contribution >= 4 is 21.7 Å². The van der Waals surface area contributed by atoms with Crippen LogP contribution in [0.4, 0.5) is 4.39 Å². The molecule has 0 saturated heterocycles. The lowest BCUT2D eigenvalue weighted by molar-refractivity contribution is -0.119.